The summed E-state index contributed by atoms with van der Waals surface area (Å²) in [6.07, 6.45) is 1.31. The van der Waals surface area contributed by atoms with Crippen molar-refractivity contribution in [1.29, 1.82) is 0 Å². The number of hydrogen-bond donors (Lipinski definition) is 0. The molecule has 0 radical (unpaired) electrons. The summed E-state index contributed by atoms with van der Waals surface area (Å²) in [4.78, 5) is 29.9. The molecule has 9 nitrogen and oxygen atoms in total. The molecule has 0 aliphatic heterocycles. The largest absolute Gasteiger partial charge is 0.481 e. The first-order chi connectivity index (χ1) is 21.9. The highest BCUT2D eigenvalue weighted by molar-refractivity contribution is 9.10. The molecule has 0 bridgehead atoms. The molecule has 0 saturated heterocycles. The first kappa shape index (κ1) is 28.5. The van der Waals surface area contributed by atoms with Gasteiger partial charge in [-0.3, -0.25) is 14.9 Å². The molecule has 45 heavy (non-hydrogen) atoms. The monoisotopic (exact) mass is 678 g/mol. The summed E-state index contributed by atoms with van der Waals surface area (Å²) in [5, 5.41) is 19.7. The molecule has 0 fully saturated rings. The van der Waals surface area contributed by atoms with Crippen LogP contribution in [-0.2, 0) is 6.61 Å². The molecule has 11 heteroatoms. The molecule has 0 N–H and O–H groups in total. The topological polar surface area (TPSA) is 113 Å². The summed E-state index contributed by atoms with van der Waals surface area (Å²) in [7, 11) is 0. The number of para-hydroxylation sites is 1. The first-order valence-electron chi connectivity index (χ1n) is 13.7. The van der Waals surface area contributed by atoms with Gasteiger partial charge >= 0.3 is 5.69 Å². The first-order valence-corrected chi connectivity index (χ1v) is 14.9. The van der Waals surface area contributed by atoms with Crippen LogP contribution >= 0.6 is 27.5 Å². The van der Waals surface area contributed by atoms with Gasteiger partial charge in [0.2, 0.25) is 11.6 Å². The maximum absolute atomic E-state index is 13.6. The van der Waals surface area contributed by atoms with Crippen molar-refractivity contribution < 1.29 is 14.1 Å². The second-order valence-corrected chi connectivity index (χ2v) is 11.5. The predicted octanol–water partition coefficient (Wildman–Crippen LogP) is 8.75. The molecule has 0 aliphatic rings. The molecule has 7 rings (SSSR count). The fourth-order valence-electron chi connectivity index (χ4n) is 5.16. The van der Waals surface area contributed by atoms with E-state index in [1.54, 1.807) is 36.4 Å². The average Bonchev–Trinajstić information content (AvgIpc) is 3.46. The summed E-state index contributed by atoms with van der Waals surface area (Å²) in [5.74, 6) is 0.424. The Morgan fingerprint density at radius 3 is 2.58 bits per heavy atom. The standard InChI is InChI=1S/C34H20BrClN4O5/c35-24-12-13-30-23(16-24)17-31(45-30)33-38-28-11-4-3-10-26(28)34(41)39(33)37-18-20-14-27(36)32(29(15-20)40(42)43)44-19-22-8-5-7-21-6-1-2-9-25(21)22/h1-18H,19H2. The second kappa shape index (κ2) is 11.6. The van der Waals surface area contributed by atoms with Gasteiger partial charge in [-0.25, -0.2) is 4.98 Å². The highest BCUT2D eigenvalue weighted by Gasteiger charge is 2.22. The van der Waals surface area contributed by atoms with Crippen LogP contribution in [0.2, 0.25) is 5.02 Å². The summed E-state index contributed by atoms with van der Waals surface area (Å²) in [6, 6.07) is 30.6. The molecule has 5 aromatic carbocycles. The summed E-state index contributed by atoms with van der Waals surface area (Å²) in [6.45, 7) is 0.0743. The Morgan fingerprint density at radius 2 is 1.73 bits per heavy atom. The Balaban J connectivity index is 1.28. The third-order valence-electron chi connectivity index (χ3n) is 7.27. The van der Waals surface area contributed by atoms with Crippen LogP contribution in [0.3, 0.4) is 0 Å². The fraction of sp³-hybridized carbons (Fsp3) is 0.0294. The molecular formula is C34H20BrClN4O5. The number of furan rings is 1. The molecule has 2 heterocycles. The van der Waals surface area contributed by atoms with Crippen LogP contribution < -0.4 is 10.3 Å². The number of fused-ring (bicyclic) bond motifs is 3. The van der Waals surface area contributed by atoms with Gasteiger partial charge in [0, 0.05) is 21.5 Å². The Bertz CT molecular complexity index is 2380. The van der Waals surface area contributed by atoms with Crippen molar-refractivity contribution in [3.63, 3.8) is 0 Å². The van der Waals surface area contributed by atoms with E-state index in [4.69, 9.17) is 20.8 Å². The van der Waals surface area contributed by atoms with E-state index in [2.05, 4.69) is 26.0 Å². The fourth-order valence-corrected chi connectivity index (χ4v) is 5.82. The summed E-state index contributed by atoms with van der Waals surface area (Å²) < 4.78 is 13.9. The van der Waals surface area contributed by atoms with Crippen LogP contribution in [0.25, 0.3) is 44.2 Å². The Kier molecular flexibility index (Phi) is 7.36. The number of rotatable bonds is 7. The number of ether oxygens (including phenoxy) is 1. The third-order valence-corrected chi connectivity index (χ3v) is 8.04. The van der Waals surface area contributed by atoms with Crippen LogP contribution in [0.4, 0.5) is 5.69 Å². The Morgan fingerprint density at radius 1 is 0.956 bits per heavy atom. The van der Waals surface area contributed by atoms with E-state index in [0.717, 1.165) is 30.9 Å². The predicted molar refractivity (Wildman–Crippen MR) is 178 cm³/mol. The van der Waals surface area contributed by atoms with E-state index in [1.807, 2.05) is 54.6 Å². The molecule has 7 aromatic rings. The minimum absolute atomic E-state index is 0.0259. The van der Waals surface area contributed by atoms with Gasteiger partial charge < -0.3 is 9.15 Å². The lowest BCUT2D eigenvalue weighted by atomic mass is 10.1. The quantitative estimate of drug-likeness (QED) is 0.0946. The highest BCUT2D eigenvalue weighted by Crippen LogP contribution is 2.37. The zero-order valence-corrected chi connectivity index (χ0v) is 25.5. The number of hydrogen-bond acceptors (Lipinski definition) is 7. The minimum atomic E-state index is -0.566. The summed E-state index contributed by atoms with van der Waals surface area (Å²) in [5.41, 5.74) is 1.44. The molecular weight excluding hydrogens is 660 g/mol. The van der Waals surface area contributed by atoms with Gasteiger partial charge in [0.25, 0.3) is 5.56 Å². The molecule has 0 amide bonds. The molecule has 2 aromatic heterocycles. The van der Waals surface area contributed by atoms with Crippen molar-refractivity contribution in [3.05, 3.63) is 144 Å². The Hall–Kier alpha value is -5.32. The van der Waals surface area contributed by atoms with Crippen LogP contribution in [0, 0.1) is 10.1 Å². The van der Waals surface area contributed by atoms with Crippen LogP contribution in [0.5, 0.6) is 5.75 Å². The van der Waals surface area contributed by atoms with Crippen molar-refractivity contribution >= 4 is 72.1 Å². The van der Waals surface area contributed by atoms with Crippen LogP contribution in [-0.4, -0.2) is 20.8 Å². The lowest BCUT2D eigenvalue weighted by Crippen LogP contribution is -2.20. The number of nitro groups is 1. The number of halogens is 2. The van der Waals surface area contributed by atoms with Crippen molar-refractivity contribution in [2.24, 2.45) is 5.10 Å². The van der Waals surface area contributed by atoms with E-state index < -0.39 is 10.5 Å². The molecule has 220 valence electrons. The van der Waals surface area contributed by atoms with Gasteiger partial charge in [0.1, 0.15) is 12.2 Å². The number of aromatic nitrogens is 2. The van der Waals surface area contributed by atoms with Gasteiger partial charge in [-0.15, -0.1) is 0 Å². The zero-order valence-electron chi connectivity index (χ0n) is 23.2. The number of benzene rings is 5. The van der Waals surface area contributed by atoms with Gasteiger partial charge in [-0.2, -0.15) is 9.78 Å². The van der Waals surface area contributed by atoms with Gasteiger partial charge in [0.05, 0.1) is 27.1 Å². The van der Waals surface area contributed by atoms with Gasteiger partial charge in [0.15, 0.2) is 5.76 Å². The van der Waals surface area contributed by atoms with E-state index >= 15 is 0 Å². The zero-order chi connectivity index (χ0) is 31.1. The molecule has 0 aliphatic carbocycles. The molecule has 0 atom stereocenters. The van der Waals surface area contributed by atoms with E-state index in [-0.39, 0.29) is 34.5 Å². The Labute approximate surface area is 268 Å². The normalized spacial score (nSPS) is 11.6. The van der Waals surface area contributed by atoms with Crippen molar-refractivity contribution in [1.82, 2.24) is 9.66 Å². The van der Waals surface area contributed by atoms with Gasteiger partial charge in [-0.1, -0.05) is 82.1 Å². The smallest absolute Gasteiger partial charge is 0.313 e. The van der Waals surface area contributed by atoms with Crippen LogP contribution in [0.15, 0.2) is 122 Å². The lowest BCUT2D eigenvalue weighted by Gasteiger charge is -2.11. The van der Waals surface area contributed by atoms with E-state index in [1.165, 1.54) is 18.3 Å². The lowest BCUT2D eigenvalue weighted by molar-refractivity contribution is -0.385. The van der Waals surface area contributed by atoms with E-state index in [0.29, 0.717) is 22.2 Å². The maximum Gasteiger partial charge on any atom is 0.313 e. The average molecular weight is 680 g/mol. The van der Waals surface area contributed by atoms with Crippen LogP contribution in [0.1, 0.15) is 11.1 Å². The highest BCUT2D eigenvalue weighted by atomic mass is 79.9. The third kappa shape index (κ3) is 5.45. The number of nitro benzene ring substituents is 1. The minimum Gasteiger partial charge on any atom is -0.481 e. The van der Waals surface area contributed by atoms with Gasteiger partial charge in [-0.05, 0) is 58.8 Å². The van der Waals surface area contributed by atoms with E-state index in [9.17, 15) is 14.9 Å². The second-order valence-electron chi connectivity index (χ2n) is 10.1. The van der Waals surface area contributed by atoms with Crippen molar-refractivity contribution in [3.8, 4) is 17.3 Å². The molecule has 0 unspecified atom stereocenters. The van der Waals surface area contributed by atoms with Crippen molar-refractivity contribution in [2.75, 3.05) is 0 Å². The molecule has 0 spiro atoms. The maximum atomic E-state index is 13.6. The van der Waals surface area contributed by atoms with Crippen molar-refractivity contribution in [2.45, 2.75) is 6.61 Å². The number of nitrogens with zero attached hydrogens (tertiary/aromatic N) is 4. The molecule has 0 saturated carbocycles. The summed E-state index contributed by atoms with van der Waals surface area (Å²) >= 11 is 10.0. The SMILES string of the molecule is O=c1c2ccccc2nc(-c2cc3cc(Br)ccc3o2)n1N=Cc1cc(Cl)c(OCc2cccc3ccccc23)c([N+](=O)[O-])c1.